The van der Waals surface area contributed by atoms with Crippen molar-refractivity contribution >= 4 is 17.7 Å². The van der Waals surface area contributed by atoms with Crippen LogP contribution in [-0.4, -0.2) is 35.6 Å². The van der Waals surface area contributed by atoms with Gasteiger partial charge in [0.2, 0.25) is 0 Å². The van der Waals surface area contributed by atoms with Crippen LogP contribution in [0.15, 0.2) is 66.7 Å². The van der Waals surface area contributed by atoms with E-state index in [1.807, 2.05) is 48.5 Å². The zero-order valence-electron chi connectivity index (χ0n) is 17.7. The summed E-state index contributed by atoms with van der Waals surface area (Å²) in [4.78, 5) is 12.2. The molecule has 0 saturated heterocycles. The van der Waals surface area contributed by atoms with E-state index in [2.05, 4.69) is 5.32 Å². The van der Waals surface area contributed by atoms with Crippen molar-refractivity contribution in [2.75, 3.05) is 13.2 Å². The summed E-state index contributed by atoms with van der Waals surface area (Å²) in [6, 6.07) is 18.3. The van der Waals surface area contributed by atoms with Crippen LogP contribution in [0.1, 0.15) is 34.3 Å². The van der Waals surface area contributed by atoms with Gasteiger partial charge in [0.1, 0.15) is 18.8 Å². The number of aliphatic hydroxyl groups excluding tert-OH is 2. The number of hydrogen-bond donors (Lipinski definition) is 3. The van der Waals surface area contributed by atoms with E-state index in [1.54, 1.807) is 0 Å². The highest BCUT2D eigenvalue weighted by Crippen LogP contribution is 2.44. The van der Waals surface area contributed by atoms with Crippen LogP contribution in [-0.2, 0) is 10.9 Å². The van der Waals surface area contributed by atoms with Crippen LogP contribution in [0.25, 0.3) is 11.1 Å². The summed E-state index contributed by atoms with van der Waals surface area (Å²) in [5.74, 6) is -0.172. The van der Waals surface area contributed by atoms with Crippen LogP contribution in [0.4, 0.5) is 18.0 Å². The first-order chi connectivity index (χ1) is 16.2. The number of amides is 1. The smallest absolute Gasteiger partial charge is 0.416 e. The average Bonchev–Trinajstić information content (AvgIpc) is 3.13. The molecule has 34 heavy (non-hydrogen) atoms. The third kappa shape index (κ3) is 4.89. The second-order valence-corrected chi connectivity index (χ2v) is 8.38. The highest BCUT2D eigenvalue weighted by atomic mass is 35.5. The summed E-state index contributed by atoms with van der Waals surface area (Å²) >= 11 is 5.77. The van der Waals surface area contributed by atoms with Crippen LogP contribution < -0.4 is 5.32 Å². The Kier molecular flexibility index (Phi) is 6.84. The molecule has 2 atom stereocenters. The fourth-order valence-corrected chi connectivity index (χ4v) is 4.37. The minimum absolute atomic E-state index is 0.0289. The van der Waals surface area contributed by atoms with Crippen molar-refractivity contribution in [1.29, 1.82) is 0 Å². The van der Waals surface area contributed by atoms with Gasteiger partial charge in [-0.15, -0.1) is 0 Å². The monoisotopic (exact) mass is 491 g/mol. The third-order valence-electron chi connectivity index (χ3n) is 5.80. The molecule has 0 aliphatic heterocycles. The van der Waals surface area contributed by atoms with Gasteiger partial charge in [-0.1, -0.05) is 60.1 Å². The SMILES string of the molecule is O=C(NCC(O)C(O)c1cc(Cl)ccc1C(F)(F)F)OCC1c2ccccc2-c2ccccc21. The summed E-state index contributed by atoms with van der Waals surface area (Å²) in [6.45, 7) is -0.493. The third-order valence-corrected chi connectivity index (χ3v) is 6.04. The molecule has 1 aliphatic rings. The van der Waals surface area contributed by atoms with Crippen LogP contribution in [0, 0.1) is 0 Å². The van der Waals surface area contributed by atoms with E-state index in [-0.39, 0.29) is 17.5 Å². The molecule has 3 aromatic carbocycles. The van der Waals surface area contributed by atoms with Crippen molar-refractivity contribution < 1.29 is 32.9 Å². The molecule has 5 nitrogen and oxygen atoms in total. The first-order valence-electron chi connectivity index (χ1n) is 10.5. The highest BCUT2D eigenvalue weighted by Gasteiger charge is 2.36. The molecule has 0 spiro atoms. The van der Waals surface area contributed by atoms with Crippen molar-refractivity contribution in [1.82, 2.24) is 5.32 Å². The molecule has 3 aromatic rings. The molecule has 0 radical (unpaired) electrons. The maximum Gasteiger partial charge on any atom is 0.416 e. The van der Waals surface area contributed by atoms with Gasteiger partial charge in [-0.2, -0.15) is 13.2 Å². The Morgan fingerprint density at radius 2 is 1.59 bits per heavy atom. The molecule has 2 unspecified atom stereocenters. The molecule has 1 aliphatic carbocycles. The topological polar surface area (TPSA) is 78.8 Å². The minimum Gasteiger partial charge on any atom is -0.449 e. The number of nitrogens with one attached hydrogen (secondary N) is 1. The molecule has 9 heteroatoms. The Labute approximate surface area is 198 Å². The largest absolute Gasteiger partial charge is 0.449 e. The summed E-state index contributed by atoms with van der Waals surface area (Å²) in [5.41, 5.74) is 2.46. The van der Waals surface area contributed by atoms with E-state index in [0.29, 0.717) is 0 Å². The van der Waals surface area contributed by atoms with Gasteiger partial charge in [-0.25, -0.2) is 4.79 Å². The summed E-state index contributed by atoms with van der Waals surface area (Å²) in [7, 11) is 0. The number of rotatable bonds is 6. The molecule has 4 rings (SSSR count). The number of halogens is 4. The lowest BCUT2D eigenvalue weighted by atomic mass is 9.98. The standard InChI is InChI=1S/C25H21ClF3NO4/c26-14-9-10-21(25(27,28)29)19(11-14)23(32)22(31)12-30-24(33)34-13-20-17-7-3-1-5-15(17)16-6-2-4-8-18(16)20/h1-11,20,22-23,31-32H,12-13H2,(H,30,33). The maximum absolute atomic E-state index is 13.3. The first kappa shape index (κ1) is 24.1. The number of hydrogen-bond acceptors (Lipinski definition) is 4. The second-order valence-electron chi connectivity index (χ2n) is 7.95. The second kappa shape index (κ2) is 9.66. The highest BCUT2D eigenvalue weighted by molar-refractivity contribution is 6.30. The molecular weight excluding hydrogens is 471 g/mol. The zero-order chi connectivity index (χ0) is 24.5. The van der Waals surface area contributed by atoms with E-state index in [0.717, 1.165) is 40.5 Å². The van der Waals surface area contributed by atoms with Gasteiger partial charge < -0.3 is 20.3 Å². The lowest BCUT2D eigenvalue weighted by Crippen LogP contribution is -2.36. The maximum atomic E-state index is 13.3. The molecule has 0 fully saturated rings. The number of ether oxygens (including phenoxy) is 1. The summed E-state index contributed by atoms with van der Waals surface area (Å²) in [6.07, 6.45) is -9.26. The number of alkyl carbamates (subject to hydrolysis) is 1. The predicted octanol–water partition coefficient (Wildman–Crippen LogP) is 5.29. The van der Waals surface area contributed by atoms with Crippen molar-refractivity contribution in [3.63, 3.8) is 0 Å². The fraction of sp³-hybridized carbons (Fsp3) is 0.240. The summed E-state index contributed by atoms with van der Waals surface area (Å²) in [5, 5.41) is 22.8. The van der Waals surface area contributed by atoms with Gasteiger partial charge in [-0.3, -0.25) is 0 Å². The number of carbonyl (C=O) groups excluding carboxylic acids is 1. The van der Waals surface area contributed by atoms with Gasteiger partial charge in [0.15, 0.2) is 0 Å². The number of alkyl halides is 3. The summed E-state index contributed by atoms with van der Waals surface area (Å²) < 4.78 is 45.1. The Hall–Kier alpha value is -3.07. The van der Waals surface area contributed by atoms with E-state index >= 15 is 0 Å². The molecule has 1 amide bonds. The molecule has 0 heterocycles. The molecule has 178 valence electrons. The van der Waals surface area contributed by atoms with E-state index in [9.17, 15) is 28.2 Å². The fourth-order valence-electron chi connectivity index (χ4n) is 4.19. The molecule has 3 N–H and O–H groups in total. The normalized spacial score (nSPS) is 14.8. The van der Waals surface area contributed by atoms with Gasteiger partial charge in [0.25, 0.3) is 0 Å². The van der Waals surface area contributed by atoms with Gasteiger partial charge in [0.05, 0.1) is 5.56 Å². The molecule has 0 bridgehead atoms. The molecule has 0 saturated carbocycles. The lowest BCUT2D eigenvalue weighted by molar-refractivity contribution is -0.139. The molecule has 0 aromatic heterocycles. The van der Waals surface area contributed by atoms with Crippen LogP contribution in [0.5, 0.6) is 0 Å². The van der Waals surface area contributed by atoms with Crippen LogP contribution >= 0.6 is 11.6 Å². The zero-order valence-corrected chi connectivity index (χ0v) is 18.5. The van der Waals surface area contributed by atoms with Crippen molar-refractivity contribution in [3.05, 3.63) is 94.0 Å². The number of fused-ring (bicyclic) bond motifs is 3. The lowest BCUT2D eigenvalue weighted by Gasteiger charge is -2.22. The Morgan fingerprint density at radius 3 is 2.18 bits per heavy atom. The Balaban J connectivity index is 1.38. The number of aliphatic hydroxyl groups is 2. The van der Waals surface area contributed by atoms with Crippen LogP contribution in [0.3, 0.4) is 0 Å². The van der Waals surface area contributed by atoms with Gasteiger partial charge in [-0.05, 0) is 46.0 Å². The Morgan fingerprint density at radius 1 is 1.00 bits per heavy atom. The van der Waals surface area contributed by atoms with Gasteiger partial charge >= 0.3 is 12.3 Å². The minimum atomic E-state index is -4.75. The first-order valence-corrected chi connectivity index (χ1v) is 10.9. The quantitative estimate of drug-likeness (QED) is 0.438. The van der Waals surface area contributed by atoms with Crippen molar-refractivity contribution in [3.8, 4) is 11.1 Å². The molecular formula is C25H21ClF3NO4. The van der Waals surface area contributed by atoms with Gasteiger partial charge in [0, 0.05) is 17.5 Å². The van der Waals surface area contributed by atoms with E-state index in [4.69, 9.17) is 16.3 Å². The van der Waals surface area contributed by atoms with E-state index in [1.165, 1.54) is 0 Å². The number of carbonyl (C=O) groups is 1. The van der Waals surface area contributed by atoms with E-state index < -0.39 is 42.1 Å². The average molecular weight is 492 g/mol. The van der Waals surface area contributed by atoms with Crippen molar-refractivity contribution in [2.45, 2.75) is 24.3 Å². The predicted molar refractivity (Wildman–Crippen MR) is 120 cm³/mol. The number of benzene rings is 3. The van der Waals surface area contributed by atoms with Crippen LogP contribution in [0.2, 0.25) is 5.02 Å². The Bertz CT molecular complexity index is 1160. The van der Waals surface area contributed by atoms with Crippen molar-refractivity contribution in [2.24, 2.45) is 0 Å².